The van der Waals surface area contributed by atoms with Crippen LogP contribution in [0.2, 0.25) is 0 Å². The number of aliphatic hydroxyl groups excluding tert-OH is 1. The van der Waals surface area contributed by atoms with E-state index < -0.39 is 12.2 Å². The summed E-state index contributed by atoms with van der Waals surface area (Å²) in [7, 11) is 0. The average molecular weight is 491 g/mol. The van der Waals surface area contributed by atoms with Crippen LogP contribution in [0.4, 0.5) is 4.39 Å². The van der Waals surface area contributed by atoms with Crippen molar-refractivity contribution in [1.82, 2.24) is 0 Å². The molecule has 4 rings (SSSR count). The fraction of sp³-hybridized carbons (Fsp3) is 0.593. The number of carbonyl (C=O) groups excluding carboxylic acids is 1. The number of thioether (sulfide) groups is 2. The molecule has 2 fully saturated rings. The molecule has 3 aliphatic rings. The molecule has 180 valence electrons. The number of halogens is 1. The van der Waals surface area contributed by atoms with Crippen LogP contribution in [0.15, 0.2) is 35.9 Å². The summed E-state index contributed by atoms with van der Waals surface area (Å²) in [6.45, 7) is 11.1. The molecule has 2 heterocycles. The summed E-state index contributed by atoms with van der Waals surface area (Å²) in [6, 6.07) is 5.42. The van der Waals surface area contributed by atoms with E-state index in [2.05, 4.69) is 57.3 Å². The van der Waals surface area contributed by atoms with E-state index in [9.17, 15) is 14.3 Å². The molecule has 2 unspecified atom stereocenters. The van der Waals surface area contributed by atoms with Gasteiger partial charge < -0.3 is 9.84 Å². The summed E-state index contributed by atoms with van der Waals surface area (Å²) >= 11 is 4.16. The highest BCUT2D eigenvalue weighted by atomic mass is 32.2. The summed E-state index contributed by atoms with van der Waals surface area (Å²) in [5, 5.41) is 10.00. The maximum absolute atomic E-state index is 14.1. The molecule has 1 aliphatic carbocycles. The Morgan fingerprint density at radius 3 is 2.52 bits per heavy atom. The first kappa shape index (κ1) is 24.9. The van der Waals surface area contributed by atoms with Gasteiger partial charge in [0.2, 0.25) is 0 Å². The molecular formula is C27H35FO3S2. The number of aliphatic hydroxyl groups is 1. The smallest absolute Gasteiger partial charge is 0.309 e. The minimum absolute atomic E-state index is 0.0615. The highest BCUT2D eigenvalue weighted by Gasteiger charge is 2.48. The first-order chi connectivity index (χ1) is 15.4. The topological polar surface area (TPSA) is 46.5 Å². The van der Waals surface area contributed by atoms with Crippen molar-refractivity contribution in [3.63, 3.8) is 0 Å². The third kappa shape index (κ3) is 5.54. The molecule has 3 nitrogen and oxygen atoms in total. The van der Waals surface area contributed by atoms with Gasteiger partial charge in [-0.2, -0.15) is 0 Å². The quantitative estimate of drug-likeness (QED) is 0.488. The van der Waals surface area contributed by atoms with Gasteiger partial charge in [0.1, 0.15) is 11.9 Å². The van der Waals surface area contributed by atoms with Gasteiger partial charge >= 0.3 is 5.97 Å². The first-order valence-electron chi connectivity index (χ1n) is 11.7. The number of carbonyl (C=O) groups is 1. The van der Waals surface area contributed by atoms with Gasteiger partial charge in [-0.1, -0.05) is 39.8 Å². The van der Waals surface area contributed by atoms with Gasteiger partial charge in [-0.25, -0.2) is 4.39 Å². The number of hydrogen-bond acceptors (Lipinski definition) is 5. The second-order valence-corrected chi connectivity index (χ2v) is 14.2. The van der Waals surface area contributed by atoms with Crippen LogP contribution in [-0.4, -0.2) is 38.9 Å². The lowest BCUT2D eigenvalue weighted by Crippen LogP contribution is -2.41. The molecule has 1 spiro atoms. The van der Waals surface area contributed by atoms with Crippen molar-refractivity contribution in [1.29, 1.82) is 0 Å². The Morgan fingerprint density at radius 1 is 1.18 bits per heavy atom. The van der Waals surface area contributed by atoms with E-state index in [1.807, 2.05) is 25.1 Å². The Labute approximate surface area is 205 Å². The Morgan fingerprint density at radius 2 is 1.88 bits per heavy atom. The van der Waals surface area contributed by atoms with Crippen molar-refractivity contribution in [3.05, 3.63) is 52.9 Å². The van der Waals surface area contributed by atoms with Crippen molar-refractivity contribution in [2.24, 2.45) is 10.8 Å². The fourth-order valence-electron chi connectivity index (χ4n) is 5.09. The molecule has 0 amide bonds. The first-order valence-corrected chi connectivity index (χ1v) is 13.7. The maximum Gasteiger partial charge on any atom is 0.309 e. The zero-order chi connectivity index (χ0) is 24.0. The number of allylic oxidation sites excluding steroid dienone is 3. The SMILES string of the molecule is Cc1cc(C2=C(C=CC3CC(O)CC(=O)O3)C(C)(C)CC3(C2)SCC(C)(C)CS3)ccc1F. The standard InChI is InChI=1S/C27H35FO3S2/c1-17-10-18(6-9-23(17)28)21-13-27(32-15-25(2,3)16-33-27)14-26(4,5)22(21)8-7-20-11-19(29)12-24(30)31-20/h6-10,19-20,29H,11-16H2,1-5H3. The van der Waals surface area contributed by atoms with Gasteiger partial charge in [0.25, 0.3) is 0 Å². The molecule has 2 saturated heterocycles. The van der Waals surface area contributed by atoms with Crippen LogP contribution in [-0.2, 0) is 9.53 Å². The van der Waals surface area contributed by atoms with Crippen LogP contribution >= 0.6 is 23.5 Å². The van der Waals surface area contributed by atoms with Crippen molar-refractivity contribution >= 4 is 35.1 Å². The van der Waals surface area contributed by atoms with Crippen LogP contribution in [0.25, 0.3) is 5.57 Å². The summed E-state index contributed by atoms with van der Waals surface area (Å²) in [5.74, 6) is 1.72. The van der Waals surface area contributed by atoms with Crippen molar-refractivity contribution in [3.8, 4) is 0 Å². The number of aryl methyl sites for hydroxylation is 1. The summed E-state index contributed by atoms with van der Waals surface area (Å²) in [6.07, 6.45) is 5.39. The van der Waals surface area contributed by atoms with E-state index in [0.717, 1.165) is 29.9 Å². The van der Waals surface area contributed by atoms with Gasteiger partial charge in [-0.15, -0.1) is 23.5 Å². The molecule has 1 aromatic carbocycles. The molecule has 1 aromatic rings. The lowest BCUT2D eigenvalue weighted by atomic mass is 9.70. The van der Waals surface area contributed by atoms with Crippen LogP contribution in [0.1, 0.15) is 64.5 Å². The van der Waals surface area contributed by atoms with Crippen molar-refractivity contribution < 1.29 is 19.0 Å². The number of cyclic esters (lactones) is 1. The molecule has 0 bridgehead atoms. The van der Waals surface area contributed by atoms with E-state index in [1.165, 1.54) is 11.1 Å². The van der Waals surface area contributed by atoms with E-state index in [4.69, 9.17) is 4.74 Å². The zero-order valence-electron chi connectivity index (χ0n) is 20.2. The molecule has 2 aliphatic heterocycles. The largest absolute Gasteiger partial charge is 0.458 e. The van der Waals surface area contributed by atoms with E-state index in [-0.39, 0.29) is 27.7 Å². The zero-order valence-corrected chi connectivity index (χ0v) is 21.9. The lowest BCUT2D eigenvalue weighted by Gasteiger charge is -2.50. The molecule has 0 radical (unpaired) electrons. The molecule has 6 heteroatoms. The van der Waals surface area contributed by atoms with Gasteiger partial charge in [0.05, 0.1) is 16.6 Å². The van der Waals surface area contributed by atoms with E-state index >= 15 is 0 Å². The van der Waals surface area contributed by atoms with E-state index in [1.54, 1.807) is 6.07 Å². The van der Waals surface area contributed by atoms with Gasteiger partial charge in [0, 0.05) is 17.9 Å². The molecule has 0 saturated carbocycles. The third-order valence-electron chi connectivity index (χ3n) is 6.84. The minimum Gasteiger partial charge on any atom is -0.458 e. The molecule has 33 heavy (non-hydrogen) atoms. The Kier molecular flexibility index (Phi) is 6.85. The summed E-state index contributed by atoms with van der Waals surface area (Å²) in [5.41, 5.74) is 4.38. The monoisotopic (exact) mass is 490 g/mol. The molecule has 2 atom stereocenters. The average Bonchev–Trinajstić information content (AvgIpc) is 2.70. The van der Waals surface area contributed by atoms with Crippen LogP contribution in [0.3, 0.4) is 0 Å². The summed E-state index contributed by atoms with van der Waals surface area (Å²) < 4.78 is 19.7. The Bertz CT molecular complexity index is 985. The van der Waals surface area contributed by atoms with Crippen molar-refractivity contribution in [2.45, 2.75) is 76.6 Å². The van der Waals surface area contributed by atoms with Gasteiger partial charge in [-0.05, 0) is 71.1 Å². The van der Waals surface area contributed by atoms with Crippen LogP contribution in [0.5, 0.6) is 0 Å². The highest BCUT2D eigenvalue weighted by Crippen LogP contribution is 2.61. The number of ether oxygens (including phenoxy) is 1. The highest BCUT2D eigenvalue weighted by molar-refractivity contribution is 8.18. The van der Waals surface area contributed by atoms with Gasteiger partial charge in [-0.3, -0.25) is 4.79 Å². The number of rotatable bonds is 3. The van der Waals surface area contributed by atoms with Crippen molar-refractivity contribution in [2.75, 3.05) is 11.5 Å². The predicted octanol–water partition coefficient (Wildman–Crippen LogP) is 6.53. The second-order valence-electron chi connectivity index (χ2n) is 11.2. The molecule has 0 aromatic heterocycles. The Balaban J connectivity index is 1.75. The maximum atomic E-state index is 14.1. The number of esters is 1. The fourth-order valence-corrected chi connectivity index (χ4v) is 8.84. The normalized spacial score (nSPS) is 28.9. The predicted molar refractivity (Wildman–Crippen MR) is 137 cm³/mol. The van der Waals surface area contributed by atoms with Gasteiger partial charge in [0.15, 0.2) is 0 Å². The number of benzene rings is 1. The number of hydrogen-bond donors (Lipinski definition) is 1. The third-order valence-corrected chi connectivity index (χ3v) is 11.0. The van der Waals surface area contributed by atoms with Crippen LogP contribution < -0.4 is 0 Å². The van der Waals surface area contributed by atoms with E-state index in [0.29, 0.717) is 17.4 Å². The lowest BCUT2D eigenvalue weighted by molar-refractivity contribution is -0.156. The summed E-state index contributed by atoms with van der Waals surface area (Å²) in [4.78, 5) is 11.8. The Hall–Kier alpha value is -1.24. The molecule has 1 N–H and O–H groups in total. The second kappa shape index (κ2) is 9.09. The molecular weight excluding hydrogens is 455 g/mol. The van der Waals surface area contributed by atoms with Crippen LogP contribution in [0, 0.1) is 23.6 Å². The minimum atomic E-state index is -0.657.